The number of rotatable bonds is 6. The van der Waals surface area contributed by atoms with Crippen LogP contribution in [0.1, 0.15) is 53.4 Å². The molecule has 0 heterocycles. The highest BCUT2D eigenvalue weighted by atomic mass is 15.1. The molecule has 0 aromatic rings. The van der Waals surface area contributed by atoms with Gasteiger partial charge in [0.25, 0.3) is 0 Å². The monoisotopic (exact) mass is 261 g/mol. The molecule has 0 aliphatic heterocycles. The zero-order chi connectivity index (χ0) is 14.5. The van der Waals surface area contributed by atoms with E-state index in [0.717, 1.165) is 13.0 Å². The lowest BCUT2D eigenvalue weighted by Crippen LogP contribution is -2.18. The summed E-state index contributed by atoms with van der Waals surface area (Å²) in [5.74, 6) is 0.692. The Morgan fingerprint density at radius 1 is 1.42 bits per heavy atom. The van der Waals surface area contributed by atoms with E-state index in [2.05, 4.69) is 64.4 Å². The van der Waals surface area contributed by atoms with Gasteiger partial charge in [0.2, 0.25) is 0 Å². The first-order chi connectivity index (χ1) is 8.84. The van der Waals surface area contributed by atoms with Gasteiger partial charge in [0, 0.05) is 19.3 Å². The van der Waals surface area contributed by atoms with E-state index in [9.17, 15) is 0 Å². The summed E-state index contributed by atoms with van der Waals surface area (Å²) in [5, 5.41) is 0. The van der Waals surface area contributed by atoms with Crippen molar-refractivity contribution in [3.8, 4) is 0 Å². The first-order valence-corrected chi connectivity index (χ1v) is 7.62. The molecule has 0 saturated carbocycles. The van der Waals surface area contributed by atoms with Gasteiger partial charge < -0.3 is 4.90 Å². The van der Waals surface area contributed by atoms with Crippen LogP contribution in [0.15, 0.2) is 36.1 Å². The van der Waals surface area contributed by atoms with Crippen LogP contribution in [-0.4, -0.2) is 18.5 Å². The molecule has 1 nitrogen and oxygen atoms in total. The highest BCUT2D eigenvalue weighted by Crippen LogP contribution is 2.32. The second-order valence-corrected chi connectivity index (χ2v) is 6.79. The van der Waals surface area contributed by atoms with Crippen LogP contribution in [0.25, 0.3) is 0 Å². The number of nitrogens with zero attached hydrogens (tertiary/aromatic N) is 1. The van der Waals surface area contributed by atoms with Crippen molar-refractivity contribution >= 4 is 0 Å². The highest BCUT2D eigenvalue weighted by molar-refractivity contribution is 5.28. The normalized spacial score (nSPS) is 19.2. The van der Waals surface area contributed by atoms with E-state index in [4.69, 9.17) is 0 Å². The van der Waals surface area contributed by atoms with Crippen molar-refractivity contribution in [2.24, 2.45) is 11.3 Å². The molecular weight excluding hydrogens is 230 g/mol. The fourth-order valence-electron chi connectivity index (χ4n) is 2.47. The Morgan fingerprint density at radius 2 is 2.11 bits per heavy atom. The molecule has 1 atom stereocenters. The zero-order valence-corrected chi connectivity index (χ0v) is 13.5. The molecule has 0 spiro atoms. The molecule has 108 valence electrons. The lowest BCUT2D eigenvalue weighted by Gasteiger charge is -2.26. The molecule has 1 aliphatic carbocycles. The Balaban J connectivity index is 2.37. The summed E-state index contributed by atoms with van der Waals surface area (Å²) in [6.07, 6.45) is 11.9. The SMILES string of the molecule is C=C(CCC1C=CC(C(C)(C)C)=CC1)N(C)CCC. The van der Waals surface area contributed by atoms with Crippen LogP contribution in [0.5, 0.6) is 0 Å². The molecule has 0 fully saturated rings. The van der Waals surface area contributed by atoms with Crippen LogP contribution in [0.3, 0.4) is 0 Å². The fourth-order valence-corrected chi connectivity index (χ4v) is 2.47. The molecule has 1 rings (SSSR count). The Kier molecular flexibility index (Phi) is 5.90. The standard InChI is InChI=1S/C18H31N/c1-7-14-19(6)15(2)8-9-16-10-12-17(13-11-16)18(3,4)5/h10,12-13,16H,2,7-9,11,14H2,1,3-6H3. The maximum atomic E-state index is 4.20. The lowest BCUT2D eigenvalue weighted by molar-refractivity contribution is 0.390. The van der Waals surface area contributed by atoms with E-state index in [1.165, 1.54) is 30.5 Å². The van der Waals surface area contributed by atoms with E-state index in [0.29, 0.717) is 5.92 Å². The minimum absolute atomic E-state index is 0.284. The van der Waals surface area contributed by atoms with Gasteiger partial charge in [-0.3, -0.25) is 0 Å². The fraction of sp³-hybridized carbons (Fsp3) is 0.667. The van der Waals surface area contributed by atoms with E-state index in [1.54, 1.807) is 0 Å². The molecule has 0 amide bonds. The van der Waals surface area contributed by atoms with Crippen LogP contribution in [-0.2, 0) is 0 Å². The second-order valence-electron chi connectivity index (χ2n) is 6.79. The molecular formula is C18H31N. The number of allylic oxidation sites excluding steroid dienone is 5. The summed E-state index contributed by atoms with van der Waals surface area (Å²) < 4.78 is 0. The van der Waals surface area contributed by atoms with E-state index in [-0.39, 0.29) is 5.41 Å². The molecule has 1 aliphatic rings. The van der Waals surface area contributed by atoms with Gasteiger partial charge in [-0.15, -0.1) is 0 Å². The van der Waals surface area contributed by atoms with Gasteiger partial charge in [-0.05, 0) is 42.6 Å². The van der Waals surface area contributed by atoms with Crippen molar-refractivity contribution in [3.63, 3.8) is 0 Å². The summed E-state index contributed by atoms with van der Waals surface area (Å²) in [7, 11) is 2.15. The first kappa shape index (κ1) is 16.1. The first-order valence-electron chi connectivity index (χ1n) is 7.62. The molecule has 0 aromatic carbocycles. The Hall–Kier alpha value is -0.980. The second kappa shape index (κ2) is 6.98. The summed E-state index contributed by atoms with van der Waals surface area (Å²) in [5.41, 5.74) is 3.04. The average molecular weight is 261 g/mol. The number of hydrogen-bond donors (Lipinski definition) is 0. The molecule has 0 aromatic heterocycles. The Morgan fingerprint density at radius 3 is 2.58 bits per heavy atom. The van der Waals surface area contributed by atoms with Crippen molar-refractivity contribution in [2.45, 2.75) is 53.4 Å². The van der Waals surface area contributed by atoms with Gasteiger partial charge in [-0.25, -0.2) is 0 Å². The van der Waals surface area contributed by atoms with E-state index < -0.39 is 0 Å². The molecule has 0 saturated heterocycles. The predicted molar refractivity (Wildman–Crippen MR) is 86.1 cm³/mol. The van der Waals surface area contributed by atoms with Crippen LogP contribution < -0.4 is 0 Å². The zero-order valence-electron chi connectivity index (χ0n) is 13.5. The largest absolute Gasteiger partial charge is 0.378 e. The van der Waals surface area contributed by atoms with Crippen LogP contribution in [0.2, 0.25) is 0 Å². The third kappa shape index (κ3) is 5.26. The quantitative estimate of drug-likeness (QED) is 0.637. The third-order valence-corrected chi connectivity index (χ3v) is 3.96. The predicted octanol–water partition coefficient (Wildman–Crippen LogP) is 5.17. The summed E-state index contributed by atoms with van der Waals surface area (Å²) >= 11 is 0. The lowest BCUT2D eigenvalue weighted by atomic mass is 9.81. The Bertz CT molecular complexity index is 354. The molecule has 0 radical (unpaired) electrons. The van der Waals surface area contributed by atoms with Crippen molar-refractivity contribution in [2.75, 3.05) is 13.6 Å². The van der Waals surface area contributed by atoms with E-state index in [1.807, 2.05) is 0 Å². The van der Waals surface area contributed by atoms with Crippen LogP contribution in [0.4, 0.5) is 0 Å². The average Bonchev–Trinajstić information content (AvgIpc) is 2.35. The van der Waals surface area contributed by atoms with Crippen molar-refractivity contribution in [3.05, 3.63) is 36.1 Å². The van der Waals surface area contributed by atoms with Crippen LogP contribution in [0, 0.1) is 11.3 Å². The van der Waals surface area contributed by atoms with Gasteiger partial charge in [0.15, 0.2) is 0 Å². The third-order valence-electron chi connectivity index (χ3n) is 3.96. The molecule has 1 heteroatoms. The molecule has 1 unspecified atom stereocenters. The molecule has 0 bridgehead atoms. The maximum Gasteiger partial charge on any atom is 0.0168 e. The highest BCUT2D eigenvalue weighted by Gasteiger charge is 2.18. The summed E-state index contributed by atoms with van der Waals surface area (Å²) in [6.45, 7) is 14.4. The molecule has 0 N–H and O–H groups in total. The molecule has 19 heavy (non-hydrogen) atoms. The van der Waals surface area contributed by atoms with Gasteiger partial charge in [0.05, 0.1) is 0 Å². The van der Waals surface area contributed by atoms with E-state index >= 15 is 0 Å². The maximum absolute atomic E-state index is 4.20. The van der Waals surface area contributed by atoms with Gasteiger partial charge in [-0.2, -0.15) is 0 Å². The minimum atomic E-state index is 0.284. The topological polar surface area (TPSA) is 3.24 Å². The van der Waals surface area contributed by atoms with Gasteiger partial charge in [0.1, 0.15) is 0 Å². The summed E-state index contributed by atoms with van der Waals surface area (Å²) in [4.78, 5) is 2.29. The minimum Gasteiger partial charge on any atom is -0.378 e. The van der Waals surface area contributed by atoms with Crippen molar-refractivity contribution < 1.29 is 0 Å². The van der Waals surface area contributed by atoms with Crippen molar-refractivity contribution in [1.82, 2.24) is 4.90 Å². The van der Waals surface area contributed by atoms with Crippen molar-refractivity contribution in [1.29, 1.82) is 0 Å². The van der Waals surface area contributed by atoms with Gasteiger partial charge in [-0.1, -0.05) is 52.5 Å². The Labute approximate surface area is 120 Å². The van der Waals surface area contributed by atoms with Gasteiger partial charge >= 0.3 is 0 Å². The smallest absolute Gasteiger partial charge is 0.0168 e. The summed E-state index contributed by atoms with van der Waals surface area (Å²) in [6, 6.07) is 0. The number of hydrogen-bond acceptors (Lipinski definition) is 1. The van der Waals surface area contributed by atoms with Crippen LogP contribution >= 0.6 is 0 Å².